The number of hydrogen-bond acceptors (Lipinski definition) is 7. The summed E-state index contributed by atoms with van der Waals surface area (Å²) in [5, 5.41) is 10.5. The number of nitrogens with zero attached hydrogens (tertiary/aromatic N) is 1. The van der Waals surface area contributed by atoms with E-state index in [0.29, 0.717) is 28.7 Å². The molecule has 198 valence electrons. The van der Waals surface area contributed by atoms with E-state index < -0.39 is 16.6 Å². The number of nitro groups is 1. The molecule has 4 aromatic carbocycles. The maximum atomic E-state index is 13.7. The first kappa shape index (κ1) is 28.7. The van der Waals surface area contributed by atoms with Crippen molar-refractivity contribution in [2.75, 3.05) is 20.0 Å². The monoisotopic (exact) mass is 652 g/mol. The summed E-state index contributed by atoms with van der Waals surface area (Å²) < 4.78 is 50.1. The zero-order chi connectivity index (χ0) is 27.8. The minimum absolute atomic E-state index is 0.102. The quantitative estimate of drug-likeness (QED) is 0.122. The molecule has 38 heavy (non-hydrogen) atoms. The average molecular weight is 654 g/mol. The predicted molar refractivity (Wildman–Crippen MR) is 145 cm³/mol. The third-order valence-corrected chi connectivity index (χ3v) is 5.76. The smallest absolute Gasteiger partial charge is 0.272 e. The number of nitro benzene ring substituents is 1. The summed E-state index contributed by atoms with van der Waals surface area (Å²) in [6.07, 6.45) is 0. The fourth-order valence-corrected chi connectivity index (χ4v) is 3.65. The summed E-state index contributed by atoms with van der Waals surface area (Å²) in [6, 6.07) is 17.6. The number of hydrogen-bond donors (Lipinski definition) is 1. The number of non-ortho nitro benzene ring substituents is 1. The maximum Gasteiger partial charge on any atom is 0.272 e. The van der Waals surface area contributed by atoms with E-state index in [1.165, 1.54) is 38.5 Å². The molecular weight excluding hydrogens is 634 g/mol. The molecule has 0 bridgehead atoms. The number of rotatable bonds is 7. The highest BCUT2D eigenvalue weighted by atomic mass is 79.9. The fraction of sp³-hybridized carbons (Fsp3) is 0.0769. The molecule has 0 aliphatic heterocycles. The van der Waals surface area contributed by atoms with Crippen LogP contribution in [0.15, 0.2) is 81.7 Å². The van der Waals surface area contributed by atoms with Crippen molar-refractivity contribution in [1.82, 2.24) is 0 Å². The molecule has 12 heteroatoms. The van der Waals surface area contributed by atoms with E-state index in [1.807, 2.05) is 0 Å². The second-order valence-electron chi connectivity index (χ2n) is 7.36. The lowest BCUT2D eigenvalue weighted by Crippen LogP contribution is -1.94. The molecule has 0 unspecified atom stereocenters. The molecule has 0 atom stereocenters. The van der Waals surface area contributed by atoms with E-state index in [4.69, 9.17) is 24.7 Å². The second-order valence-corrected chi connectivity index (χ2v) is 9.19. The molecule has 8 nitrogen and oxygen atoms in total. The highest BCUT2D eigenvalue weighted by Gasteiger charge is 2.14. The molecule has 0 fully saturated rings. The number of nitrogen functional groups attached to an aromatic ring is 1. The van der Waals surface area contributed by atoms with E-state index in [9.17, 15) is 18.9 Å². The molecule has 0 heterocycles. The van der Waals surface area contributed by atoms with Crippen LogP contribution in [0.1, 0.15) is 0 Å². The number of halogens is 4. The van der Waals surface area contributed by atoms with Crippen molar-refractivity contribution < 1.29 is 32.7 Å². The SMILES string of the molecule is COc1cc(Br)ccc1Oc1ccc(N)cc1F.COc1cc(Br)ccc1Oc1ccc([N+](=O)[O-])cc1F. The van der Waals surface area contributed by atoms with E-state index in [2.05, 4.69) is 31.9 Å². The minimum atomic E-state index is -0.816. The largest absolute Gasteiger partial charge is 0.493 e. The van der Waals surface area contributed by atoms with Gasteiger partial charge in [-0.2, -0.15) is 0 Å². The molecule has 0 aliphatic rings. The number of benzene rings is 4. The Balaban J connectivity index is 0.000000212. The lowest BCUT2D eigenvalue weighted by Gasteiger charge is -2.11. The van der Waals surface area contributed by atoms with Gasteiger partial charge >= 0.3 is 0 Å². The van der Waals surface area contributed by atoms with Crippen molar-refractivity contribution in [1.29, 1.82) is 0 Å². The Kier molecular flexibility index (Phi) is 9.85. The van der Waals surface area contributed by atoms with Gasteiger partial charge in [-0.25, -0.2) is 8.78 Å². The van der Waals surface area contributed by atoms with E-state index >= 15 is 0 Å². The second kappa shape index (κ2) is 13.1. The predicted octanol–water partition coefficient (Wildman–Crippen LogP) is 8.27. The summed E-state index contributed by atoms with van der Waals surface area (Å²) in [5.41, 5.74) is 5.48. The summed E-state index contributed by atoms with van der Waals surface area (Å²) in [6.45, 7) is 0. The first-order valence-corrected chi connectivity index (χ1v) is 12.2. The number of nitrogens with two attached hydrogens (primary N) is 1. The van der Waals surface area contributed by atoms with Gasteiger partial charge in [0.2, 0.25) is 0 Å². The van der Waals surface area contributed by atoms with Crippen LogP contribution in [0.2, 0.25) is 0 Å². The zero-order valence-electron chi connectivity index (χ0n) is 19.9. The minimum Gasteiger partial charge on any atom is -0.493 e. The molecule has 0 saturated carbocycles. The van der Waals surface area contributed by atoms with E-state index in [1.54, 1.807) is 42.5 Å². The van der Waals surface area contributed by atoms with Crippen molar-refractivity contribution in [3.63, 3.8) is 0 Å². The van der Waals surface area contributed by atoms with Gasteiger partial charge in [-0.1, -0.05) is 31.9 Å². The Morgan fingerprint density at radius 1 is 0.684 bits per heavy atom. The first-order valence-electron chi connectivity index (χ1n) is 10.6. The Bertz CT molecular complexity index is 1460. The third kappa shape index (κ3) is 7.56. The molecule has 0 spiro atoms. The van der Waals surface area contributed by atoms with Crippen LogP contribution in [0.25, 0.3) is 0 Å². The number of ether oxygens (including phenoxy) is 4. The lowest BCUT2D eigenvalue weighted by molar-refractivity contribution is -0.385. The van der Waals surface area contributed by atoms with Gasteiger partial charge in [-0.05, 0) is 54.6 Å². The van der Waals surface area contributed by atoms with Gasteiger partial charge in [0.15, 0.2) is 46.1 Å². The lowest BCUT2D eigenvalue weighted by atomic mass is 10.3. The fourth-order valence-electron chi connectivity index (χ4n) is 2.97. The van der Waals surface area contributed by atoms with Crippen molar-refractivity contribution in [3.05, 3.63) is 103 Å². The topological polar surface area (TPSA) is 106 Å². The first-order chi connectivity index (χ1) is 18.1. The summed E-state index contributed by atoms with van der Waals surface area (Å²) in [7, 11) is 2.98. The van der Waals surface area contributed by atoms with Crippen LogP contribution in [0.4, 0.5) is 20.2 Å². The zero-order valence-corrected chi connectivity index (χ0v) is 23.1. The van der Waals surface area contributed by atoms with Crippen LogP contribution in [0.3, 0.4) is 0 Å². The summed E-state index contributed by atoms with van der Waals surface area (Å²) in [5.74, 6) is 0.329. The molecule has 4 aromatic rings. The maximum absolute atomic E-state index is 13.7. The van der Waals surface area contributed by atoms with Crippen LogP contribution in [-0.2, 0) is 0 Å². The van der Waals surface area contributed by atoms with Gasteiger partial charge in [0.05, 0.1) is 25.2 Å². The van der Waals surface area contributed by atoms with Gasteiger partial charge in [0.25, 0.3) is 5.69 Å². The van der Waals surface area contributed by atoms with Gasteiger partial charge in [-0.3, -0.25) is 10.1 Å². The van der Waals surface area contributed by atoms with Crippen molar-refractivity contribution in [2.24, 2.45) is 0 Å². The third-order valence-electron chi connectivity index (χ3n) is 4.77. The Morgan fingerprint density at radius 2 is 1.13 bits per heavy atom. The Labute approximate surface area is 233 Å². The van der Waals surface area contributed by atoms with Crippen LogP contribution in [-0.4, -0.2) is 19.1 Å². The van der Waals surface area contributed by atoms with Crippen molar-refractivity contribution in [3.8, 4) is 34.5 Å². The normalized spacial score (nSPS) is 10.2. The molecular formula is C26H20Br2F2N2O6. The molecule has 0 saturated heterocycles. The molecule has 2 N–H and O–H groups in total. The van der Waals surface area contributed by atoms with E-state index in [0.717, 1.165) is 15.0 Å². The van der Waals surface area contributed by atoms with Gasteiger partial charge in [-0.15, -0.1) is 0 Å². The standard InChI is InChI=1S/C13H9BrFNO4.C13H11BrFNO2/c1-19-13-6-8(14)2-4-12(13)20-11-5-3-9(16(17)18)7-10(11)15;1-17-13-6-8(14)2-4-12(13)18-11-5-3-9(16)7-10(11)15/h2-7H,1H3;2-7H,16H2,1H3. The van der Waals surface area contributed by atoms with Gasteiger partial charge in [0.1, 0.15) is 0 Å². The van der Waals surface area contributed by atoms with Crippen LogP contribution in [0, 0.1) is 21.7 Å². The Hall–Kier alpha value is -3.90. The van der Waals surface area contributed by atoms with Crippen molar-refractivity contribution in [2.45, 2.75) is 0 Å². The van der Waals surface area contributed by atoms with Gasteiger partial charge in [0, 0.05) is 26.8 Å². The molecule has 0 amide bonds. The van der Waals surface area contributed by atoms with Crippen molar-refractivity contribution >= 4 is 43.2 Å². The average Bonchev–Trinajstić information content (AvgIpc) is 2.88. The number of anilines is 1. The summed E-state index contributed by atoms with van der Waals surface area (Å²) in [4.78, 5) is 9.86. The van der Waals surface area contributed by atoms with Crippen LogP contribution in [0.5, 0.6) is 34.5 Å². The summed E-state index contributed by atoms with van der Waals surface area (Å²) >= 11 is 6.60. The number of methoxy groups -OCH3 is 2. The molecule has 0 aliphatic carbocycles. The molecule has 4 rings (SSSR count). The molecule has 0 radical (unpaired) electrons. The highest BCUT2D eigenvalue weighted by molar-refractivity contribution is 9.10. The van der Waals surface area contributed by atoms with Gasteiger partial charge < -0.3 is 24.7 Å². The van der Waals surface area contributed by atoms with Crippen LogP contribution < -0.4 is 24.7 Å². The molecule has 0 aromatic heterocycles. The van der Waals surface area contributed by atoms with Crippen LogP contribution >= 0.6 is 31.9 Å². The Morgan fingerprint density at radius 3 is 1.55 bits per heavy atom. The van der Waals surface area contributed by atoms with E-state index in [-0.39, 0.29) is 17.2 Å². The highest BCUT2D eigenvalue weighted by Crippen LogP contribution is 2.36.